The van der Waals surface area contributed by atoms with Crippen molar-refractivity contribution < 1.29 is 9.59 Å². The molecule has 23 heavy (non-hydrogen) atoms. The first-order valence-corrected chi connectivity index (χ1v) is 8.40. The Kier molecular flexibility index (Phi) is 4.79. The molecule has 3 rings (SSSR count). The van der Waals surface area contributed by atoms with E-state index in [0.717, 1.165) is 44.6 Å². The van der Waals surface area contributed by atoms with Crippen molar-refractivity contribution in [2.45, 2.75) is 38.1 Å². The monoisotopic (exact) mass is 316 g/mol. The molecule has 0 aromatic carbocycles. The summed E-state index contributed by atoms with van der Waals surface area (Å²) in [5.41, 5.74) is 0.580. The Morgan fingerprint density at radius 1 is 1.30 bits per heavy atom. The standard InChI is InChI=1S/C17H24N4O2/c1-20(12-15(22)19-13-7-8-13)17(23)14-6-5-9-18-16(14)21-10-3-2-4-11-21/h5-6,9,13H,2-4,7-8,10-12H2,1H3,(H,19,22). The Balaban J connectivity index is 1.69. The van der Waals surface area contributed by atoms with Crippen LogP contribution >= 0.6 is 0 Å². The molecular formula is C17H24N4O2. The molecule has 6 heteroatoms. The number of rotatable bonds is 5. The number of amides is 2. The van der Waals surface area contributed by atoms with Crippen LogP contribution in [0.25, 0.3) is 0 Å². The zero-order chi connectivity index (χ0) is 16.2. The third-order valence-electron chi connectivity index (χ3n) is 4.34. The Morgan fingerprint density at radius 2 is 2.04 bits per heavy atom. The van der Waals surface area contributed by atoms with Crippen molar-refractivity contribution >= 4 is 17.6 Å². The maximum absolute atomic E-state index is 12.7. The van der Waals surface area contributed by atoms with E-state index in [9.17, 15) is 9.59 Å². The van der Waals surface area contributed by atoms with E-state index >= 15 is 0 Å². The third kappa shape index (κ3) is 4.00. The number of piperidine rings is 1. The van der Waals surface area contributed by atoms with Gasteiger partial charge in [0, 0.05) is 32.4 Å². The van der Waals surface area contributed by atoms with Gasteiger partial charge in [-0.1, -0.05) is 0 Å². The molecule has 6 nitrogen and oxygen atoms in total. The highest BCUT2D eigenvalue weighted by atomic mass is 16.2. The number of carbonyl (C=O) groups is 2. The SMILES string of the molecule is CN(CC(=O)NC1CC1)C(=O)c1cccnc1N1CCCCC1. The lowest BCUT2D eigenvalue weighted by atomic mass is 10.1. The first-order valence-electron chi connectivity index (χ1n) is 8.40. The van der Waals surface area contributed by atoms with E-state index in [4.69, 9.17) is 0 Å². The number of nitrogens with one attached hydrogen (secondary N) is 1. The molecule has 2 heterocycles. The molecule has 2 amide bonds. The van der Waals surface area contributed by atoms with E-state index in [1.807, 2.05) is 0 Å². The number of likely N-dealkylation sites (N-methyl/N-ethyl adjacent to an activating group) is 1. The lowest BCUT2D eigenvalue weighted by Gasteiger charge is -2.29. The lowest BCUT2D eigenvalue weighted by Crippen LogP contribution is -2.40. The third-order valence-corrected chi connectivity index (χ3v) is 4.34. The van der Waals surface area contributed by atoms with Crippen LogP contribution in [0.4, 0.5) is 5.82 Å². The largest absolute Gasteiger partial charge is 0.356 e. The van der Waals surface area contributed by atoms with Gasteiger partial charge in [-0.15, -0.1) is 0 Å². The van der Waals surface area contributed by atoms with Crippen LogP contribution in [0.1, 0.15) is 42.5 Å². The van der Waals surface area contributed by atoms with E-state index in [2.05, 4.69) is 15.2 Å². The fourth-order valence-corrected chi connectivity index (χ4v) is 2.92. The summed E-state index contributed by atoms with van der Waals surface area (Å²) in [5.74, 6) is 0.503. The predicted octanol–water partition coefficient (Wildman–Crippen LogP) is 1.42. The van der Waals surface area contributed by atoms with Crippen LogP contribution in [0.2, 0.25) is 0 Å². The molecule has 1 aromatic heterocycles. The number of aromatic nitrogens is 1. The average Bonchev–Trinajstić information content (AvgIpc) is 3.38. The summed E-state index contributed by atoms with van der Waals surface area (Å²) in [4.78, 5) is 32.7. The van der Waals surface area contributed by atoms with E-state index in [0.29, 0.717) is 11.6 Å². The molecule has 0 radical (unpaired) electrons. The van der Waals surface area contributed by atoms with Crippen molar-refractivity contribution in [2.75, 3.05) is 31.6 Å². The molecule has 1 aromatic rings. The Hall–Kier alpha value is -2.11. The van der Waals surface area contributed by atoms with Gasteiger partial charge in [-0.25, -0.2) is 4.98 Å². The van der Waals surface area contributed by atoms with Gasteiger partial charge in [0.25, 0.3) is 5.91 Å². The summed E-state index contributed by atoms with van der Waals surface area (Å²) in [5, 5.41) is 2.91. The summed E-state index contributed by atoms with van der Waals surface area (Å²) in [6.45, 7) is 1.95. The topological polar surface area (TPSA) is 65.5 Å². The van der Waals surface area contributed by atoms with Crippen LogP contribution in [0, 0.1) is 0 Å². The second kappa shape index (κ2) is 6.98. The highest BCUT2D eigenvalue weighted by Gasteiger charge is 2.26. The number of anilines is 1. The zero-order valence-electron chi connectivity index (χ0n) is 13.6. The molecular weight excluding hydrogens is 292 g/mol. The minimum Gasteiger partial charge on any atom is -0.356 e. The summed E-state index contributed by atoms with van der Waals surface area (Å²) in [6, 6.07) is 3.89. The van der Waals surface area contributed by atoms with Gasteiger partial charge in [0.2, 0.25) is 5.91 Å². The fourth-order valence-electron chi connectivity index (χ4n) is 2.92. The molecule has 0 spiro atoms. The molecule has 0 bridgehead atoms. The van der Waals surface area contributed by atoms with Crippen LogP contribution in [0.3, 0.4) is 0 Å². The van der Waals surface area contributed by atoms with Crippen molar-refractivity contribution in [1.82, 2.24) is 15.2 Å². The van der Waals surface area contributed by atoms with Gasteiger partial charge in [-0.05, 0) is 44.2 Å². The summed E-state index contributed by atoms with van der Waals surface area (Å²) >= 11 is 0. The zero-order valence-corrected chi connectivity index (χ0v) is 13.6. The molecule has 2 aliphatic rings. The Morgan fingerprint density at radius 3 is 2.74 bits per heavy atom. The number of hydrogen-bond donors (Lipinski definition) is 1. The van der Waals surface area contributed by atoms with E-state index in [1.165, 1.54) is 11.3 Å². The Labute approximate surface area is 136 Å². The maximum Gasteiger partial charge on any atom is 0.257 e. The molecule has 1 aliphatic carbocycles. The van der Waals surface area contributed by atoms with Crippen molar-refractivity contribution in [3.8, 4) is 0 Å². The summed E-state index contributed by atoms with van der Waals surface area (Å²) < 4.78 is 0. The van der Waals surface area contributed by atoms with Crippen LogP contribution in [0.5, 0.6) is 0 Å². The average molecular weight is 316 g/mol. The molecule has 1 saturated heterocycles. The van der Waals surface area contributed by atoms with E-state index in [1.54, 1.807) is 25.4 Å². The van der Waals surface area contributed by atoms with Crippen molar-refractivity contribution in [1.29, 1.82) is 0 Å². The van der Waals surface area contributed by atoms with E-state index < -0.39 is 0 Å². The number of carbonyl (C=O) groups excluding carboxylic acids is 2. The lowest BCUT2D eigenvalue weighted by molar-refractivity contribution is -0.121. The smallest absolute Gasteiger partial charge is 0.257 e. The van der Waals surface area contributed by atoms with Gasteiger partial charge < -0.3 is 15.1 Å². The molecule has 1 N–H and O–H groups in total. The minimum atomic E-state index is -0.148. The predicted molar refractivity (Wildman–Crippen MR) is 88.4 cm³/mol. The van der Waals surface area contributed by atoms with Crippen LogP contribution in [-0.2, 0) is 4.79 Å². The number of pyridine rings is 1. The highest BCUT2D eigenvalue weighted by molar-refractivity contribution is 6.00. The van der Waals surface area contributed by atoms with E-state index in [-0.39, 0.29) is 18.4 Å². The second-order valence-electron chi connectivity index (χ2n) is 6.43. The van der Waals surface area contributed by atoms with Crippen LogP contribution in [-0.4, -0.2) is 54.4 Å². The normalized spacial score (nSPS) is 17.7. The molecule has 1 saturated carbocycles. The van der Waals surface area contributed by atoms with Crippen molar-refractivity contribution in [3.63, 3.8) is 0 Å². The summed E-state index contributed by atoms with van der Waals surface area (Å²) in [6.07, 6.45) is 7.30. The van der Waals surface area contributed by atoms with Gasteiger partial charge >= 0.3 is 0 Å². The van der Waals surface area contributed by atoms with Gasteiger partial charge in [0.1, 0.15) is 5.82 Å². The molecule has 0 atom stereocenters. The van der Waals surface area contributed by atoms with Crippen LogP contribution in [0.15, 0.2) is 18.3 Å². The molecule has 2 fully saturated rings. The maximum atomic E-state index is 12.7. The fraction of sp³-hybridized carbons (Fsp3) is 0.588. The molecule has 0 unspecified atom stereocenters. The number of nitrogens with zero attached hydrogens (tertiary/aromatic N) is 3. The highest BCUT2D eigenvalue weighted by Crippen LogP contribution is 2.23. The van der Waals surface area contributed by atoms with Gasteiger partial charge in [0.05, 0.1) is 12.1 Å². The van der Waals surface area contributed by atoms with Gasteiger partial charge in [-0.3, -0.25) is 9.59 Å². The first-order chi connectivity index (χ1) is 11.1. The minimum absolute atomic E-state index is 0.0870. The van der Waals surface area contributed by atoms with Crippen molar-refractivity contribution in [3.05, 3.63) is 23.9 Å². The van der Waals surface area contributed by atoms with Crippen molar-refractivity contribution in [2.24, 2.45) is 0 Å². The second-order valence-corrected chi connectivity index (χ2v) is 6.43. The first kappa shape index (κ1) is 15.8. The Bertz CT molecular complexity index is 580. The van der Waals surface area contributed by atoms with Gasteiger partial charge in [-0.2, -0.15) is 0 Å². The molecule has 1 aliphatic heterocycles. The molecule has 124 valence electrons. The van der Waals surface area contributed by atoms with Crippen LogP contribution < -0.4 is 10.2 Å². The van der Waals surface area contributed by atoms with Gasteiger partial charge in [0.15, 0.2) is 0 Å². The summed E-state index contributed by atoms with van der Waals surface area (Å²) in [7, 11) is 1.67. The quantitative estimate of drug-likeness (QED) is 0.892. The number of hydrogen-bond acceptors (Lipinski definition) is 4.